The van der Waals surface area contributed by atoms with Crippen molar-refractivity contribution in [3.05, 3.63) is 30.3 Å². The Morgan fingerprint density at radius 2 is 1.75 bits per heavy atom. The van der Waals surface area contributed by atoms with Crippen molar-refractivity contribution in [3.63, 3.8) is 0 Å². The average Bonchev–Trinajstić information content (AvgIpc) is 3.07. The van der Waals surface area contributed by atoms with Crippen molar-refractivity contribution in [2.45, 2.75) is 33.2 Å². The zero-order valence-corrected chi connectivity index (χ0v) is 15.7. The van der Waals surface area contributed by atoms with Crippen molar-refractivity contribution in [2.75, 3.05) is 45.2 Å². The van der Waals surface area contributed by atoms with Crippen molar-refractivity contribution >= 4 is 17.4 Å². The highest BCUT2D eigenvalue weighted by molar-refractivity contribution is 5.86. The summed E-state index contributed by atoms with van der Waals surface area (Å²) in [5.41, 5.74) is 0.911. The third-order valence-corrected chi connectivity index (χ3v) is 4.11. The van der Waals surface area contributed by atoms with E-state index in [4.69, 9.17) is 0 Å². The molecule has 5 nitrogen and oxygen atoms in total. The molecule has 5 heteroatoms. The monoisotopic (exact) mass is 333 g/mol. The summed E-state index contributed by atoms with van der Waals surface area (Å²) >= 11 is 0. The van der Waals surface area contributed by atoms with Gasteiger partial charge in [-0.3, -0.25) is 9.59 Å². The molecule has 0 aromatic heterocycles. The van der Waals surface area contributed by atoms with Crippen LogP contribution in [0.1, 0.15) is 27.2 Å². The van der Waals surface area contributed by atoms with E-state index in [0.29, 0.717) is 6.04 Å². The topological polar surface area (TPSA) is 43.9 Å². The van der Waals surface area contributed by atoms with Gasteiger partial charge in [-0.05, 0) is 39.6 Å². The summed E-state index contributed by atoms with van der Waals surface area (Å²) in [5.74, 6) is 0.152. The van der Waals surface area contributed by atoms with Crippen LogP contribution in [0.25, 0.3) is 0 Å². The molecule has 1 aliphatic rings. The zero-order valence-electron chi connectivity index (χ0n) is 15.7. The average molecular weight is 333 g/mol. The summed E-state index contributed by atoms with van der Waals surface area (Å²) in [4.78, 5) is 30.0. The van der Waals surface area contributed by atoms with Crippen LogP contribution in [0.5, 0.6) is 0 Å². The van der Waals surface area contributed by atoms with Gasteiger partial charge in [-0.1, -0.05) is 32.0 Å². The van der Waals surface area contributed by atoms with E-state index in [2.05, 4.69) is 4.90 Å². The highest BCUT2D eigenvalue weighted by Gasteiger charge is 2.28. The molecule has 1 amide bonds. The summed E-state index contributed by atoms with van der Waals surface area (Å²) in [6, 6.07) is 10.1. The Balaban J connectivity index is 0.00000139. The maximum absolute atomic E-state index is 12.5. The highest BCUT2D eigenvalue weighted by Crippen LogP contribution is 2.16. The molecular weight excluding hydrogens is 302 g/mol. The summed E-state index contributed by atoms with van der Waals surface area (Å²) < 4.78 is 0. The van der Waals surface area contributed by atoms with Gasteiger partial charge in [-0.25, -0.2) is 0 Å². The van der Waals surface area contributed by atoms with Gasteiger partial charge in [0.1, 0.15) is 5.78 Å². The van der Waals surface area contributed by atoms with Gasteiger partial charge in [-0.15, -0.1) is 0 Å². The number of likely N-dealkylation sites (tertiary alicyclic amines) is 1. The van der Waals surface area contributed by atoms with E-state index >= 15 is 0 Å². The first-order valence-electron chi connectivity index (χ1n) is 8.71. The smallest absolute Gasteiger partial charge is 0.242 e. The molecule has 1 heterocycles. The molecule has 0 radical (unpaired) electrons. The summed E-state index contributed by atoms with van der Waals surface area (Å²) in [5, 5.41) is 0. The normalized spacial score (nSPS) is 16.6. The molecule has 134 valence electrons. The van der Waals surface area contributed by atoms with Gasteiger partial charge in [0.25, 0.3) is 0 Å². The lowest BCUT2D eigenvalue weighted by atomic mass is 10.2. The Labute approximate surface area is 146 Å². The molecular formula is C19H31N3O2. The SMILES string of the molecule is CC.CC(=O)CN(CC(=O)N1CCC(N(C)C)C1)c1ccccc1. The minimum atomic E-state index is 0.0595. The summed E-state index contributed by atoms with van der Waals surface area (Å²) in [6.07, 6.45) is 1.01. The molecule has 1 unspecified atom stereocenters. The first-order valence-corrected chi connectivity index (χ1v) is 8.71. The number of rotatable bonds is 6. The van der Waals surface area contributed by atoms with E-state index in [-0.39, 0.29) is 24.8 Å². The van der Waals surface area contributed by atoms with Crippen molar-refractivity contribution in [1.82, 2.24) is 9.80 Å². The molecule has 1 fully saturated rings. The van der Waals surface area contributed by atoms with Crippen LogP contribution < -0.4 is 4.90 Å². The zero-order chi connectivity index (χ0) is 18.1. The van der Waals surface area contributed by atoms with Gasteiger partial charge < -0.3 is 14.7 Å². The van der Waals surface area contributed by atoms with Crippen LogP contribution in [-0.4, -0.2) is 67.8 Å². The van der Waals surface area contributed by atoms with Crippen molar-refractivity contribution in [3.8, 4) is 0 Å². The van der Waals surface area contributed by atoms with E-state index < -0.39 is 0 Å². The Hall–Kier alpha value is -1.88. The fraction of sp³-hybridized carbons (Fsp3) is 0.579. The second kappa shape index (κ2) is 10.1. The van der Waals surface area contributed by atoms with E-state index in [0.717, 1.165) is 25.2 Å². The van der Waals surface area contributed by atoms with E-state index in [9.17, 15) is 9.59 Å². The predicted molar refractivity (Wildman–Crippen MR) is 99.4 cm³/mol. The molecule has 1 aliphatic heterocycles. The van der Waals surface area contributed by atoms with Gasteiger partial charge in [0.05, 0.1) is 13.1 Å². The number of nitrogens with zero attached hydrogens (tertiary/aromatic N) is 3. The lowest BCUT2D eigenvalue weighted by molar-refractivity contribution is -0.128. The third kappa shape index (κ3) is 5.96. The highest BCUT2D eigenvalue weighted by atomic mass is 16.2. The number of carbonyl (C=O) groups excluding carboxylic acids is 2. The van der Waals surface area contributed by atoms with Gasteiger partial charge in [0.15, 0.2) is 0 Å². The molecule has 1 saturated heterocycles. The second-order valence-corrected chi connectivity index (χ2v) is 6.14. The molecule has 2 rings (SSSR count). The number of ketones is 1. The second-order valence-electron chi connectivity index (χ2n) is 6.14. The number of hydrogen-bond acceptors (Lipinski definition) is 4. The Morgan fingerprint density at radius 1 is 1.12 bits per heavy atom. The summed E-state index contributed by atoms with van der Waals surface area (Å²) in [6.45, 7) is 7.64. The Morgan fingerprint density at radius 3 is 2.25 bits per heavy atom. The van der Waals surface area contributed by atoms with Crippen molar-refractivity contribution < 1.29 is 9.59 Å². The van der Waals surface area contributed by atoms with E-state index in [1.807, 2.05) is 68.1 Å². The fourth-order valence-electron chi connectivity index (χ4n) is 2.80. The lowest BCUT2D eigenvalue weighted by Gasteiger charge is -2.26. The van der Waals surface area contributed by atoms with Crippen LogP contribution >= 0.6 is 0 Å². The number of carbonyl (C=O) groups is 2. The molecule has 0 saturated carbocycles. The Bertz CT molecular complexity index is 517. The summed E-state index contributed by atoms with van der Waals surface area (Å²) in [7, 11) is 4.09. The van der Waals surface area contributed by atoms with Crippen molar-refractivity contribution in [1.29, 1.82) is 0 Å². The molecule has 0 aliphatic carbocycles. The fourth-order valence-corrected chi connectivity index (χ4v) is 2.80. The van der Waals surface area contributed by atoms with Gasteiger partial charge >= 0.3 is 0 Å². The van der Waals surface area contributed by atoms with Crippen LogP contribution in [-0.2, 0) is 9.59 Å². The van der Waals surface area contributed by atoms with Crippen LogP contribution in [0.4, 0.5) is 5.69 Å². The number of likely N-dealkylation sites (N-methyl/N-ethyl adjacent to an activating group) is 1. The number of para-hydroxylation sites is 1. The van der Waals surface area contributed by atoms with E-state index in [1.165, 1.54) is 0 Å². The predicted octanol–water partition coefficient (Wildman–Crippen LogP) is 2.27. The molecule has 24 heavy (non-hydrogen) atoms. The molecule has 1 atom stereocenters. The number of benzene rings is 1. The van der Waals surface area contributed by atoms with Gasteiger partial charge in [0, 0.05) is 24.8 Å². The quantitative estimate of drug-likeness (QED) is 0.801. The van der Waals surface area contributed by atoms with Gasteiger partial charge in [0.2, 0.25) is 5.91 Å². The third-order valence-electron chi connectivity index (χ3n) is 4.11. The number of anilines is 1. The van der Waals surface area contributed by atoms with E-state index in [1.54, 1.807) is 6.92 Å². The van der Waals surface area contributed by atoms with Crippen molar-refractivity contribution in [2.24, 2.45) is 0 Å². The Kier molecular flexibility index (Phi) is 8.47. The largest absolute Gasteiger partial charge is 0.355 e. The van der Waals surface area contributed by atoms with Crippen LogP contribution in [0, 0.1) is 0 Å². The standard InChI is InChI=1S/C17H25N3O2.C2H6/c1-14(21)11-20(15-7-5-4-6-8-15)13-17(22)19-10-9-16(12-19)18(2)3;1-2/h4-8,16H,9-13H2,1-3H3;1-2H3. The first-order chi connectivity index (χ1) is 11.5. The molecule has 0 N–H and O–H groups in total. The maximum Gasteiger partial charge on any atom is 0.242 e. The van der Waals surface area contributed by atoms with Gasteiger partial charge in [-0.2, -0.15) is 0 Å². The molecule has 1 aromatic carbocycles. The number of hydrogen-bond donors (Lipinski definition) is 0. The van der Waals surface area contributed by atoms with Crippen LogP contribution in [0.15, 0.2) is 30.3 Å². The maximum atomic E-state index is 12.5. The van der Waals surface area contributed by atoms with Crippen LogP contribution in [0.2, 0.25) is 0 Å². The number of Topliss-reactive ketones (excluding diaryl/α,β-unsaturated/α-hetero) is 1. The first kappa shape index (κ1) is 20.2. The minimum Gasteiger partial charge on any atom is -0.355 e. The minimum absolute atomic E-state index is 0.0595. The number of amides is 1. The molecule has 1 aromatic rings. The van der Waals surface area contributed by atoms with Crippen LogP contribution in [0.3, 0.4) is 0 Å². The molecule has 0 spiro atoms. The molecule has 0 bridgehead atoms. The lowest BCUT2D eigenvalue weighted by Crippen LogP contribution is -2.42.